The van der Waals surface area contributed by atoms with Crippen molar-refractivity contribution in [1.29, 1.82) is 5.26 Å². The Bertz CT molecular complexity index is 407. The molecular weight excluding hydrogens is 200 g/mol. The maximum absolute atomic E-state index is 8.57. The van der Waals surface area contributed by atoms with Crippen LogP contribution in [0.3, 0.4) is 0 Å². The van der Waals surface area contributed by atoms with E-state index >= 15 is 0 Å². The van der Waals surface area contributed by atoms with Crippen LogP contribution in [0.5, 0.6) is 5.75 Å². The average Bonchev–Trinajstić information content (AvgIpc) is 2.28. The van der Waals surface area contributed by atoms with E-state index in [-0.39, 0.29) is 0 Å². The molecule has 0 amide bonds. The molecule has 0 atom stereocenters. The van der Waals surface area contributed by atoms with Crippen molar-refractivity contribution in [2.45, 2.75) is 20.3 Å². The van der Waals surface area contributed by atoms with Gasteiger partial charge in [-0.05, 0) is 37.1 Å². The van der Waals surface area contributed by atoms with Crippen molar-refractivity contribution in [3.63, 3.8) is 0 Å². The van der Waals surface area contributed by atoms with Gasteiger partial charge in [0.2, 0.25) is 0 Å². The van der Waals surface area contributed by atoms with E-state index in [4.69, 9.17) is 10.00 Å². The molecule has 3 nitrogen and oxygen atoms in total. The van der Waals surface area contributed by atoms with Crippen molar-refractivity contribution < 1.29 is 4.74 Å². The van der Waals surface area contributed by atoms with Crippen LogP contribution in [0.4, 0.5) is 5.69 Å². The van der Waals surface area contributed by atoms with Crippen molar-refractivity contribution in [2.75, 3.05) is 25.6 Å². The molecule has 1 rings (SSSR count). The Morgan fingerprint density at radius 3 is 2.56 bits per heavy atom. The van der Waals surface area contributed by atoms with Gasteiger partial charge in [0.1, 0.15) is 5.75 Å². The van der Waals surface area contributed by atoms with Crippen LogP contribution >= 0.6 is 0 Å². The first-order chi connectivity index (χ1) is 7.60. The minimum atomic E-state index is 0.543. The Labute approximate surface area is 97.3 Å². The lowest BCUT2D eigenvalue weighted by Crippen LogP contribution is -2.19. The Kier molecular flexibility index (Phi) is 4.19. The summed E-state index contributed by atoms with van der Waals surface area (Å²) >= 11 is 0. The van der Waals surface area contributed by atoms with Crippen molar-refractivity contribution in [3.8, 4) is 11.8 Å². The summed E-state index contributed by atoms with van der Waals surface area (Å²) in [5.74, 6) is 0.912. The molecule has 0 saturated heterocycles. The molecule has 0 aliphatic carbocycles. The second-order valence-electron chi connectivity index (χ2n) is 3.94. The van der Waals surface area contributed by atoms with Crippen molar-refractivity contribution >= 4 is 5.69 Å². The summed E-state index contributed by atoms with van der Waals surface area (Å²) in [4.78, 5) is 2.10. The Balaban J connectivity index is 2.97. The number of anilines is 1. The highest BCUT2D eigenvalue weighted by molar-refractivity contribution is 5.58. The molecule has 0 saturated carbocycles. The van der Waals surface area contributed by atoms with E-state index in [1.165, 1.54) is 5.56 Å². The van der Waals surface area contributed by atoms with Gasteiger partial charge in [-0.1, -0.05) is 0 Å². The van der Waals surface area contributed by atoms with Crippen molar-refractivity contribution in [2.24, 2.45) is 0 Å². The smallest absolute Gasteiger partial charge is 0.122 e. The summed E-state index contributed by atoms with van der Waals surface area (Å²) in [5.41, 5.74) is 3.45. The summed E-state index contributed by atoms with van der Waals surface area (Å²) in [6.45, 7) is 4.84. The van der Waals surface area contributed by atoms with Gasteiger partial charge in [0.15, 0.2) is 0 Å². The van der Waals surface area contributed by atoms with Gasteiger partial charge in [0, 0.05) is 19.3 Å². The van der Waals surface area contributed by atoms with Crippen molar-refractivity contribution in [3.05, 3.63) is 23.3 Å². The summed E-state index contributed by atoms with van der Waals surface area (Å²) in [7, 11) is 3.69. The van der Waals surface area contributed by atoms with E-state index in [1.54, 1.807) is 7.11 Å². The number of ether oxygens (including phenoxy) is 1. The van der Waals surface area contributed by atoms with Crippen LogP contribution in [0.25, 0.3) is 0 Å². The fraction of sp³-hybridized carbons (Fsp3) is 0.462. The van der Waals surface area contributed by atoms with E-state index in [1.807, 2.05) is 20.0 Å². The van der Waals surface area contributed by atoms with Gasteiger partial charge in [-0.3, -0.25) is 0 Å². The van der Waals surface area contributed by atoms with Gasteiger partial charge < -0.3 is 9.64 Å². The third-order valence-electron chi connectivity index (χ3n) is 2.68. The van der Waals surface area contributed by atoms with Gasteiger partial charge in [-0.25, -0.2) is 0 Å². The molecule has 0 radical (unpaired) electrons. The van der Waals surface area contributed by atoms with Gasteiger partial charge in [-0.15, -0.1) is 0 Å². The minimum absolute atomic E-state index is 0.543. The number of hydrogen-bond donors (Lipinski definition) is 0. The van der Waals surface area contributed by atoms with Crippen LogP contribution in [0.2, 0.25) is 0 Å². The van der Waals surface area contributed by atoms with Gasteiger partial charge in [-0.2, -0.15) is 5.26 Å². The molecule has 0 fully saturated rings. The quantitative estimate of drug-likeness (QED) is 0.779. The second kappa shape index (κ2) is 5.41. The maximum Gasteiger partial charge on any atom is 0.122 e. The van der Waals surface area contributed by atoms with E-state index in [0.717, 1.165) is 23.5 Å². The molecule has 0 aliphatic heterocycles. The molecular formula is C13H18N2O. The lowest BCUT2D eigenvalue weighted by Gasteiger charge is -2.21. The first kappa shape index (κ1) is 12.4. The highest BCUT2D eigenvalue weighted by atomic mass is 16.5. The molecule has 1 aromatic rings. The minimum Gasteiger partial charge on any atom is -0.496 e. The standard InChI is InChI=1S/C13H18N2O/c1-10-9-13(16-4)11(2)8-12(10)15(3)7-5-6-14/h8-9H,5,7H2,1-4H3. The van der Waals surface area contributed by atoms with Gasteiger partial charge in [0.25, 0.3) is 0 Å². The van der Waals surface area contributed by atoms with E-state index in [2.05, 4.69) is 24.0 Å². The summed E-state index contributed by atoms with van der Waals surface area (Å²) in [5, 5.41) is 8.57. The molecule has 0 N–H and O–H groups in total. The van der Waals surface area contributed by atoms with Crippen LogP contribution in [-0.4, -0.2) is 20.7 Å². The summed E-state index contributed by atoms with van der Waals surface area (Å²) in [6, 6.07) is 6.30. The van der Waals surface area contributed by atoms with Crippen molar-refractivity contribution in [1.82, 2.24) is 0 Å². The molecule has 3 heteroatoms. The monoisotopic (exact) mass is 218 g/mol. The number of nitrogens with zero attached hydrogens (tertiary/aromatic N) is 2. The highest BCUT2D eigenvalue weighted by Crippen LogP contribution is 2.27. The van der Waals surface area contributed by atoms with Crippen LogP contribution in [-0.2, 0) is 0 Å². The van der Waals surface area contributed by atoms with E-state index in [9.17, 15) is 0 Å². The number of nitriles is 1. The maximum atomic E-state index is 8.57. The zero-order valence-electron chi connectivity index (χ0n) is 10.4. The summed E-state index contributed by atoms with van der Waals surface area (Å²) in [6.07, 6.45) is 0.543. The second-order valence-corrected chi connectivity index (χ2v) is 3.94. The highest BCUT2D eigenvalue weighted by Gasteiger charge is 2.08. The zero-order chi connectivity index (χ0) is 12.1. The molecule has 0 aliphatic rings. The first-order valence-electron chi connectivity index (χ1n) is 5.33. The molecule has 1 aromatic carbocycles. The molecule has 0 aromatic heterocycles. The zero-order valence-corrected chi connectivity index (χ0v) is 10.4. The Hall–Kier alpha value is -1.69. The SMILES string of the molecule is COc1cc(C)c(N(C)CCC#N)cc1C. The number of methoxy groups -OCH3 is 1. The number of rotatable bonds is 4. The molecule has 0 heterocycles. The summed E-state index contributed by atoms with van der Waals surface area (Å²) < 4.78 is 5.27. The largest absolute Gasteiger partial charge is 0.496 e. The Morgan fingerprint density at radius 2 is 2.00 bits per heavy atom. The number of benzene rings is 1. The molecule has 0 unspecified atom stereocenters. The van der Waals surface area contributed by atoms with Crippen LogP contribution in [0.1, 0.15) is 17.5 Å². The molecule has 0 bridgehead atoms. The average molecular weight is 218 g/mol. The van der Waals surface area contributed by atoms with Crippen LogP contribution in [0.15, 0.2) is 12.1 Å². The lowest BCUT2D eigenvalue weighted by molar-refractivity contribution is 0.411. The third kappa shape index (κ3) is 2.66. The lowest BCUT2D eigenvalue weighted by atomic mass is 10.1. The van der Waals surface area contributed by atoms with Crippen LogP contribution in [0, 0.1) is 25.2 Å². The fourth-order valence-electron chi connectivity index (χ4n) is 1.74. The molecule has 16 heavy (non-hydrogen) atoms. The normalized spacial score (nSPS) is 9.69. The fourth-order valence-corrected chi connectivity index (χ4v) is 1.74. The van der Waals surface area contributed by atoms with E-state index in [0.29, 0.717) is 6.42 Å². The predicted molar refractivity (Wildman–Crippen MR) is 66.0 cm³/mol. The number of hydrogen-bond acceptors (Lipinski definition) is 3. The molecule has 0 spiro atoms. The number of aryl methyl sites for hydroxylation is 2. The van der Waals surface area contributed by atoms with Gasteiger partial charge >= 0.3 is 0 Å². The van der Waals surface area contributed by atoms with E-state index < -0.39 is 0 Å². The van der Waals surface area contributed by atoms with Gasteiger partial charge in [0.05, 0.1) is 19.6 Å². The van der Waals surface area contributed by atoms with Crippen LogP contribution < -0.4 is 9.64 Å². The first-order valence-corrected chi connectivity index (χ1v) is 5.33. The third-order valence-corrected chi connectivity index (χ3v) is 2.68. The topological polar surface area (TPSA) is 36.3 Å². The molecule has 86 valence electrons. The Morgan fingerprint density at radius 1 is 1.31 bits per heavy atom. The predicted octanol–water partition coefficient (Wildman–Crippen LogP) is 2.66.